The average molecular weight is 304 g/mol. The Balaban J connectivity index is 1.86. The Hall–Kier alpha value is -1.57. The minimum Gasteiger partial charge on any atom is -0.341 e. The normalized spacial score (nSPS) is 19.2. The number of aromatic nitrogens is 2. The molecule has 8 heteroatoms. The SMILES string of the molecule is CNC1CCN(C(=O)CCc2nccn2CC(F)(F)F)C1. The van der Waals surface area contributed by atoms with E-state index in [9.17, 15) is 18.0 Å². The molecule has 2 rings (SSSR count). The predicted molar refractivity (Wildman–Crippen MR) is 70.6 cm³/mol. The number of likely N-dealkylation sites (N-methyl/N-ethyl adjacent to an activating group) is 1. The van der Waals surface area contributed by atoms with Crippen LogP contribution in [0.1, 0.15) is 18.7 Å². The van der Waals surface area contributed by atoms with E-state index < -0.39 is 12.7 Å². The van der Waals surface area contributed by atoms with Crippen molar-refractivity contribution in [3.05, 3.63) is 18.2 Å². The highest BCUT2D eigenvalue weighted by Gasteiger charge is 2.29. The van der Waals surface area contributed by atoms with Crippen molar-refractivity contribution in [3.8, 4) is 0 Å². The molecule has 1 aromatic rings. The lowest BCUT2D eigenvalue weighted by molar-refractivity contribution is -0.141. The monoisotopic (exact) mass is 304 g/mol. The molecule has 2 heterocycles. The minimum absolute atomic E-state index is 0.0330. The van der Waals surface area contributed by atoms with Gasteiger partial charge in [-0.05, 0) is 13.5 Å². The number of nitrogens with one attached hydrogen (secondary N) is 1. The molecule has 0 spiro atoms. The Morgan fingerprint density at radius 3 is 2.90 bits per heavy atom. The van der Waals surface area contributed by atoms with Crippen LogP contribution in [0.3, 0.4) is 0 Å². The van der Waals surface area contributed by atoms with Gasteiger partial charge in [0, 0.05) is 44.4 Å². The van der Waals surface area contributed by atoms with Crippen molar-refractivity contribution in [2.45, 2.75) is 38.0 Å². The van der Waals surface area contributed by atoms with Crippen LogP contribution in [0.4, 0.5) is 13.2 Å². The van der Waals surface area contributed by atoms with Gasteiger partial charge in [-0.1, -0.05) is 0 Å². The number of imidazole rings is 1. The van der Waals surface area contributed by atoms with Gasteiger partial charge in [-0.15, -0.1) is 0 Å². The van der Waals surface area contributed by atoms with E-state index in [1.54, 1.807) is 4.90 Å². The van der Waals surface area contributed by atoms with Gasteiger partial charge in [-0.2, -0.15) is 13.2 Å². The number of alkyl halides is 3. The first-order valence-electron chi connectivity index (χ1n) is 6.91. The van der Waals surface area contributed by atoms with Gasteiger partial charge in [0.2, 0.25) is 5.91 Å². The number of likely N-dealkylation sites (tertiary alicyclic amines) is 1. The highest BCUT2D eigenvalue weighted by Crippen LogP contribution is 2.19. The molecule has 1 unspecified atom stereocenters. The first-order chi connectivity index (χ1) is 9.89. The maximum absolute atomic E-state index is 12.4. The van der Waals surface area contributed by atoms with Gasteiger partial charge in [0.05, 0.1) is 0 Å². The van der Waals surface area contributed by atoms with Gasteiger partial charge in [0.15, 0.2) is 0 Å². The second-order valence-electron chi connectivity index (χ2n) is 5.20. The number of aryl methyl sites for hydroxylation is 1. The minimum atomic E-state index is -4.28. The number of hydrogen-bond donors (Lipinski definition) is 1. The van der Waals surface area contributed by atoms with Crippen LogP contribution in [0.15, 0.2) is 12.4 Å². The third-order valence-corrected chi connectivity index (χ3v) is 3.66. The molecule has 5 nitrogen and oxygen atoms in total. The summed E-state index contributed by atoms with van der Waals surface area (Å²) in [6.45, 7) is 0.287. The van der Waals surface area contributed by atoms with Gasteiger partial charge < -0.3 is 14.8 Å². The third-order valence-electron chi connectivity index (χ3n) is 3.66. The van der Waals surface area contributed by atoms with Crippen molar-refractivity contribution in [2.75, 3.05) is 20.1 Å². The standard InChI is InChI=1S/C13H19F3N4O/c1-17-10-4-6-19(8-10)12(21)3-2-11-18-5-7-20(11)9-13(14,15)16/h5,7,10,17H,2-4,6,8-9H2,1H3. The number of rotatable bonds is 5. The Labute approximate surface area is 121 Å². The molecule has 21 heavy (non-hydrogen) atoms. The number of carbonyl (C=O) groups is 1. The molecule has 1 saturated heterocycles. The van der Waals surface area contributed by atoms with E-state index in [1.807, 2.05) is 7.05 Å². The van der Waals surface area contributed by atoms with Crippen molar-refractivity contribution in [3.63, 3.8) is 0 Å². The molecule has 1 fully saturated rings. The van der Waals surface area contributed by atoms with Crippen LogP contribution >= 0.6 is 0 Å². The van der Waals surface area contributed by atoms with Crippen LogP contribution in [0, 0.1) is 0 Å². The van der Waals surface area contributed by atoms with E-state index in [0.29, 0.717) is 25.0 Å². The van der Waals surface area contributed by atoms with Crippen LogP contribution < -0.4 is 5.32 Å². The highest BCUT2D eigenvalue weighted by atomic mass is 19.4. The van der Waals surface area contributed by atoms with Gasteiger partial charge in [-0.25, -0.2) is 4.98 Å². The second-order valence-corrected chi connectivity index (χ2v) is 5.20. The van der Waals surface area contributed by atoms with Crippen LogP contribution in [-0.2, 0) is 17.8 Å². The zero-order chi connectivity index (χ0) is 15.5. The highest BCUT2D eigenvalue weighted by molar-refractivity contribution is 5.76. The Morgan fingerprint density at radius 2 is 2.29 bits per heavy atom. The van der Waals surface area contributed by atoms with E-state index >= 15 is 0 Å². The second kappa shape index (κ2) is 6.46. The van der Waals surface area contributed by atoms with Gasteiger partial charge >= 0.3 is 6.18 Å². The average Bonchev–Trinajstić information content (AvgIpc) is 3.03. The van der Waals surface area contributed by atoms with Crippen LogP contribution in [0.5, 0.6) is 0 Å². The molecular formula is C13H19F3N4O. The molecule has 0 bridgehead atoms. The molecule has 0 aliphatic carbocycles. The number of carbonyl (C=O) groups excluding carboxylic acids is 1. The van der Waals surface area contributed by atoms with Gasteiger partial charge in [-0.3, -0.25) is 4.79 Å². The summed E-state index contributed by atoms with van der Waals surface area (Å²) in [6, 6.07) is 0.307. The van der Waals surface area contributed by atoms with Gasteiger partial charge in [0.25, 0.3) is 0 Å². The Bertz CT molecular complexity index is 486. The predicted octanol–water partition coefficient (Wildman–Crippen LogP) is 1.20. The van der Waals surface area contributed by atoms with Crippen LogP contribution in [-0.4, -0.2) is 52.7 Å². The molecule has 1 N–H and O–H groups in total. The number of hydrogen-bond acceptors (Lipinski definition) is 3. The molecule has 1 aliphatic heterocycles. The molecule has 118 valence electrons. The maximum Gasteiger partial charge on any atom is 0.406 e. The largest absolute Gasteiger partial charge is 0.406 e. The quantitative estimate of drug-likeness (QED) is 0.889. The smallest absolute Gasteiger partial charge is 0.341 e. The fourth-order valence-electron chi connectivity index (χ4n) is 2.50. The van der Waals surface area contributed by atoms with E-state index in [2.05, 4.69) is 10.3 Å². The zero-order valence-electron chi connectivity index (χ0n) is 11.9. The summed E-state index contributed by atoms with van der Waals surface area (Å²) in [5.74, 6) is 0.263. The van der Waals surface area contributed by atoms with Crippen molar-refractivity contribution < 1.29 is 18.0 Å². The molecule has 0 saturated carbocycles. The lowest BCUT2D eigenvalue weighted by atomic mass is 10.2. The summed E-state index contributed by atoms with van der Waals surface area (Å²) in [5.41, 5.74) is 0. The zero-order valence-corrected chi connectivity index (χ0v) is 11.9. The Morgan fingerprint density at radius 1 is 1.52 bits per heavy atom. The molecule has 0 aromatic carbocycles. The lowest BCUT2D eigenvalue weighted by Crippen LogP contribution is -2.33. The van der Waals surface area contributed by atoms with Crippen molar-refractivity contribution in [1.82, 2.24) is 19.8 Å². The Kier molecular flexibility index (Phi) is 4.87. The van der Waals surface area contributed by atoms with Crippen molar-refractivity contribution >= 4 is 5.91 Å². The van der Waals surface area contributed by atoms with E-state index in [4.69, 9.17) is 0 Å². The van der Waals surface area contributed by atoms with E-state index in [1.165, 1.54) is 12.4 Å². The molecule has 1 atom stereocenters. The molecule has 1 aromatic heterocycles. The summed E-state index contributed by atoms with van der Waals surface area (Å²) in [7, 11) is 1.85. The summed E-state index contributed by atoms with van der Waals surface area (Å²) in [4.78, 5) is 17.7. The van der Waals surface area contributed by atoms with Crippen LogP contribution in [0.2, 0.25) is 0 Å². The number of amides is 1. The van der Waals surface area contributed by atoms with Crippen molar-refractivity contribution in [2.24, 2.45) is 0 Å². The first kappa shape index (κ1) is 15.8. The first-order valence-corrected chi connectivity index (χ1v) is 6.91. The van der Waals surface area contributed by atoms with E-state index in [0.717, 1.165) is 11.0 Å². The molecule has 1 amide bonds. The maximum atomic E-state index is 12.4. The summed E-state index contributed by atoms with van der Waals surface area (Å²) < 4.78 is 38.2. The summed E-state index contributed by atoms with van der Waals surface area (Å²) in [6.07, 6.45) is -0.341. The van der Waals surface area contributed by atoms with Crippen LogP contribution in [0.25, 0.3) is 0 Å². The number of halogens is 3. The summed E-state index contributed by atoms with van der Waals surface area (Å²) in [5, 5.41) is 3.12. The van der Waals surface area contributed by atoms with Gasteiger partial charge in [0.1, 0.15) is 12.4 Å². The van der Waals surface area contributed by atoms with Crippen molar-refractivity contribution in [1.29, 1.82) is 0 Å². The third kappa shape index (κ3) is 4.45. The summed E-state index contributed by atoms with van der Waals surface area (Å²) >= 11 is 0. The molecular weight excluding hydrogens is 285 g/mol. The molecule has 1 aliphatic rings. The molecule has 0 radical (unpaired) electrons. The topological polar surface area (TPSA) is 50.2 Å². The fourth-order valence-corrected chi connectivity index (χ4v) is 2.50. The lowest BCUT2D eigenvalue weighted by Gasteiger charge is -2.16. The van der Waals surface area contributed by atoms with E-state index in [-0.39, 0.29) is 18.7 Å². The fraction of sp³-hybridized carbons (Fsp3) is 0.692. The number of nitrogens with zero attached hydrogens (tertiary/aromatic N) is 3.